The fourth-order valence-electron chi connectivity index (χ4n) is 1.97. The third kappa shape index (κ3) is 1.48. The van der Waals surface area contributed by atoms with Gasteiger partial charge in [-0.05, 0) is 17.7 Å². The van der Waals surface area contributed by atoms with E-state index in [4.69, 9.17) is 15.9 Å². The van der Waals surface area contributed by atoms with E-state index in [1.54, 1.807) is 18.3 Å². The van der Waals surface area contributed by atoms with Gasteiger partial charge in [0.05, 0.1) is 11.6 Å². The summed E-state index contributed by atoms with van der Waals surface area (Å²) in [6.45, 7) is 0. The third-order valence-corrected chi connectivity index (χ3v) is 2.80. The molecule has 5 heteroatoms. The zero-order chi connectivity index (χ0) is 12.7. The molecule has 0 atom stereocenters. The minimum absolute atomic E-state index is 0.149. The highest BCUT2D eigenvalue weighted by atomic mass is 19.1. The number of fused-ring (bicyclic) bond motifs is 1. The lowest BCUT2D eigenvalue weighted by Gasteiger charge is -2.03. The average Bonchev–Trinajstić information content (AvgIpc) is 2.65. The first kappa shape index (κ1) is 10.6. The number of rotatable bonds is 1. The van der Waals surface area contributed by atoms with E-state index in [0.717, 1.165) is 0 Å². The highest BCUT2D eigenvalue weighted by Gasteiger charge is 2.14. The fourth-order valence-corrected chi connectivity index (χ4v) is 1.97. The van der Waals surface area contributed by atoms with Crippen molar-refractivity contribution in [2.24, 2.45) is 0 Å². The average molecular weight is 243 g/mol. The molecule has 18 heavy (non-hydrogen) atoms. The van der Waals surface area contributed by atoms with E-state index in [9.17, 15) is 4.39 Å². The summed E-state index contributed by atoms with van der Waals surface area (Å²) in [5, 5.41) is 0.660. The Morgan fingerprint density at radius 1 is 1.17 bits per heavy atom. The smallest absolute Gasteiger partial charge is 0.214 e. The first-order valence-corrected chi connectivity index (χ1v) is 5.34. The van der Waals surface area contributed by atoms with E-state index in [1.807, 2.05) is 0 Å². The minimum Gasteiger partial charge on any atom is -0.437 e. The molecule has 90 valence electrons. The molecule has 0 spiro atoms. The van der Waals surface area contributed by atoms with Gasteiger partial charge in [0.2, 0.25) is 5.88 Å². The Hall–Kier alpha value is -2.56. The maximum absolute atomic E-state index is 13.3. The van der Waals surface area contributed by atoms with Crippen molar-refractivity contribution in [1.29, 1.82) is 0 Å². The number of hydrogen-bond acceptors (Lipinski definition) is 4. The van der Waals surface area contributed by atoms with Gasteiger partial charge in [-0.2, -0.15) is 0 Å². The van der Waals surface area contributed by atoms with Crippen LogP contribution in [0.15, 0.2) is 41.1 Å². The highest BCUT2D eigenvalue weighted by Crippen LogP contribution is 2.37. The Morgan fingerprint density at radius 3 is 2.78 bits per heavy atom. The first-order chi connectivity index (χ1) is 8.66. The van der Waals surface area contributed by atoms with E-state index < -0.39 is 0 Å². The van der Waals surface area contributed by atoms with Crippen LogP contribution in [0.1, 0.15) is 0 Å². The predicted octanol–water partition coefficient (Wildman–Crippen LogP) is 2.80. The van der Waals surface area contributed by atoms with Gasteiger partial charge in [-0.25, -0.2) is 4.39 Å². The molecule has 1 aromatic carbocycles. The van der Waals surface area contributed by atoms with E-state index in [-0.39, 0.29) is 11.7 Å². The van der Waals surface area contributed by atoms with Gasteiger partial charge in [0.25, 0.3) is 0 Å². The van der Waals surface area contributed by atoms with Crippen molar-refractivity contribution in [3.05, 3.63) is 42.5 Å². The monoisotopic (exact) mass is 243 g/mol. The molecular formula is C13H10FN3O. The molecule has 3 aromatic rings. The molecule has 0 fully saturated rings. The van der Waals surface area contributed by atoms with Crippen LogP contribution in [0.3, 0.4) is 0 Å². The van der Waals surface area contributed by atoms with E-state index in [0.29, 0.717) is 27.8 Å². The summed E-state index contributed by atoms with van der Waals surface area (Å²) in [6.07, 6.45) is 3.15. The topological polar surface area (TPSA) is 78.1 Å². The van der Waals surface area contributed by atoms with Crippen LogP contribution in [-0.4, -0.2) is 4.98 Å². The number of halogens is 1. The molecule has 2 aromatic heterocycles. The number of anilines is 2. The highest BCUT2D eigenvalue weighted by molar-refractivity contribution is 6.04. The number of hydrogen-bond donors (Lipinski definition) is 2. The van der Waals surface area contributed by atoms with Gasteiger partial charge >= 0.3 is 0 Å². The Morgan fingerprint density at radius 2 is 2.00 bits per heavy atom. The third-order valence-electron chi connectivity index (χ3n) is 2.80. The van der Waals surface area contributed by atoms with Crippen molar-refractivity contribution in [3.8, 4) is 11.1 Å². The molecule has 2 heterocycles. The predicted molar refractivity (Wildman–Crippen MR) is 68.2 cm³/mol. The van der Waals surface area contributed by atoms with Gasteiger partial charge in [0.1, 0.15) is 11.5 Å². The van der Waals surface area contributed by atoms with Crippen molar-refractivity contribution in [3.63, 3.8) is 0 Å². The second-order valence-corrected chi connectivity index (χ2v) is 3.95. The van der Waals surface area contributed by atoms with Crippen LogP contribution < -0.4 is 11.5 Å². The molecule has 0 aliphatic rings. The summed E-state index contributed by atoms with van der Waals surface area (Å²) in [7, 11) is 0. The van der Waals surface area contributed by atoms with Crippen molar-refractivity contribution < 1.29 is 8.81 Å². The Kier molecular flexibility index (Phi) is 2.19. The lowest BCUT2D eigenvalue weighted by atomic mass is 10.0. The largest absolute Gasteiger partial charge is 0.437 e. The van der Waals surface area contributed by atoms with Crippen LogP contribution in [0.2, 0.25) is 0 Å². The van der Waals surface area contributed by atoms with Crippen molar-refractivity contribution in [2.75, 3.05) is 11.5 Å². The number of pyridine rings is 1. The maximum Gasteiger partial charge on any atom is 0.214 e. The normalized spacial score (nSPS) is 10.9. The quantitative estimate of drug-likeness (QED) is 0.688. The zero-order valence-corrected chi connectivity index (χ0v) is 9.35. The maximum atomic E-state index is 13.3. The summed E-state index contributed by atoms with van der Waals surface area (Å²) < 4.78 is 18.5. The molecule has 0 saturated heterocycles. The van der Waals surface area contributed by atoms with Crippen LogP contribution in [0.25, 0.3) is 22.1 Å². The molecule has 3 rings (SSSR count). The molecule has 4 nitrogen and oxygen atoms in total. The standard InChI is InChI=1S/C13H10FN3O/c14-8-3-1-2-7(4-8)9-5-17-6-10-11(9)12(15)13(16)18-10/h1-6H,15-16H2. The Balaban J connectivity index is 2.35. The number of nitrogen functional groups attached to an aromatic ring is 2. The summed E-state index contributed by atoms with van der Waals surface area (Å²) in [6, 6.07) is 6.20. The Labute approximate surface area is 102 Å². The molecule has 0 radical (unpaired) electrons. The van der Waals surface area contributed by atoms with Gasteiger partial charge in [-0.15, -0.1) is 0 Å². The summed E-state index contributed by atoms with van der Waals surface area (Å²) >= 11 is 0. The summed E-state index contributed by atoms with van der Waals surface area (Å²) in [5.41, 5.74) is 13.7. The van der Waals surface area contributed by atoms with Crippen LogP contribution in [-0.2, 0) is 0 Å². The lowest BCUT2D eigenvalue weighted by molar-refractivity contribution is 0.628. The number of furan rings is 1. The summed E-state index contributed by atoms with van der Waals surface area (Å²) in [4.78, 5) is 4.05. The van der Waals surface area contributed by atoms with E-state index in [2.05, 4.69) is 4.98 Å². The molecule has 0 amide bonds. The number of nitrogens with two attached hydrogens (primary N) is 2. The molecule has 0 aliphatic heterocycles. The van der Waals surface area contributed by atoms with Crippen molar-refractivity contribution in [2.45, 2.75) is 0 Å². The van der Waals surface area contributed by atoms with Gasteiger partial charge in [0.15, 0.2) is 5.58 Å². The summed E-state index contributed by atoms with van der Waals surface area (Å²) in [5.74, 6) is -0.171. The first-order valence-electron chi connectivity index (χ1n) is 5.34. The van der Waals surface area contributed by atoms with E-state index >= 15 is 0 Å². The second-order valence-electron chi connectivity index (χ2n) is 3.95. The van der Waals surface area contributed by atoms with Crippen LogP contribution >= 0.6 is 0 Å². The lowest BCUT2D eigenvalue weighted by Crippen LogP contribution is -1.91. The Bertz CT molecular complexity index is 736. The van der Waals surface area contributed by atoms with Crippen LogP contribution in [0.5, 0.6) is 0 Å². The second kappa shape index (κ2) is 3.73. The van der Waals surface area contributed by atoms with E-state index in [1.165, 1.54) is 18.3 Å². The van der Waals surface area contributed by atoms with Gasteiger partial charge < -0.3 is 15.9 Å². The molecule has 0 saturated carbocycles. The number of aromatic nitrogens is 1. The van der Waals surface area contributed by atoms with Crippen molar-refractivity contribution in [1.82, 2.24) is 4.98 Å². The number of nitrogens with zero attached hydrogens (tertiary/aromatic N) is 1. The minimum atomic E-state index is -0.320. The SMILES string of the molecule is Nc1oc2cncc(-c3cccc(F)c3)c2c1N. The molecule has 0 bridgehead atoms. The van der Waals surface area contributed by atoms with Gasteiger partial charge in [0, 0.05) is 11.8 Å². The molecule has 0 unspecified atom stereocenters. The van der Waals surface area contributed by atoms with Crippen molar-refractivity contribution >= 4 is 22.5 Å². The van der Waals surface area contributed by atoms with Crippen LogP contribution in [0, 0.1) is 5.82 Å². The fraction of sp³-hybridized carbons (Fsp3) is 0. The van der Waals surface area contributed by atoms with Gasteiger partial charge in [-0.1, -0.05) is 12.1 Å². The van der Waals surface area contributed by atoms with Gasteiger partial charge in [-0.3, -0.25) is 4.98 Å². The van der Waals surface area contributed by atoms with Crippen LogP contribution in [0.4, 0.5) is 16.0 Å². The zero-order valence-electron chi connectivity index (χ0n) is 9.35. The molecule has 4 N–H and O–H groups in total. The molecule has 0 aliphatic carbocycles. The number of benzene rings is 1. The molecular weight excluding hydrogens is 233 g/mol.